The van der Waals surface area contributed by atoms with Gasteiger partial charge in [0.05, 0.1) is 7.11 Å². The van der Waals surface area contributed by atoms with Crippen LogP contribution in [0, 0.1) is 21.3 Å². The number of nitrogens with one attached hydrogen (secondary N) is 1. The van der Waals surface area contributed by atoms with E-state index in [1.54, 1.807) is 7.11 Å². The van der Waals surface area contributed by atoms with E-state index in [1.165, 1.54) is 47.7 Å². The van der Waals surface area contributed by atoms with Gasteiger partial charge in [0.25, 0.3) is 0 Å². The predicted octanol–water partition coefficient (Wildman–Crippen LogP) is 4.36. The molecule has 4 aliphatic carbocycles. The standard InChI is InChI=1S/C18H24INO/c1-21-17-7-16(19)3-2-15(17)11-20-18-8-12-4-13(9-18)6-14(5-12)10-18/h2-3,7,12-14,20H,4-6,8-11H2,1H3. The monoisotopic (exact) mass is 397 g/mol. The normalized spacial score (nSPS) is 37.0. The Hall–Kier alpha value is -0.290. The predicted molar refractivity (Wildman–Crippen MR) is 93.5 cm³/mol. The molecule has 4 fully saturated rings. The van der Waals surface area contributed by atoms with Crippen molar-refractivity contribution in [2.75, 3.05) is 7.11 Å². The summed E-state index contributed by atoms with van der Waals surface area (Å²) < 4.78 is 6.79. The Labute approximate surface area is 141 Å². The van der Waals surface area contributed by atoms with E-state index in [2.05, 4.69) is 46.1 Å². The third kappa shape index (κ3) is 2.72. The summed E-state index contributed by atoms with van der Waals surface area (Å²) in [6.45, 7) is 0.951. The third-order valence-electron chi connectivity index (χ3n) is 5.94. The lowest BCUT2D eigenvalue weighted by Crippen LogP contribution is -2.58. The number of ether oxygens (including phenoxy) is 1. The summed E-state index contributed by atoms with van der Waals surface area (Å²) in [5.41, 5.74) is 1.73. The van der Waals surface area contributed by atoms with Crippen molar-refractivity contribution in [2.45, 2.75) is 50.6 Å². The summed E-state index contributed by atoms with van der Waals surface area (Å²) >= 11 is 2.35. The van der Waals surface area contributed by atoms with Crippen LogP contribution in [-0.4, -0.2) is 12.6 Å². The van der Waals surface area contributed by atoms with Gasteiger partial charge >= 0.3 is 0 Å². The molecule has 0 amide bonds. The first-order valence-electron chi connectivity index (χ1n) is 8.23. The van der Waals surface area contributed by atoms with Gasteiger partial charge in [-0.1, -0.05) is 6.07 Å². The fraction of sp³-hybridized carbons (Fsp3) is 0.667. The second-order valence-electron chi connectivity index (χ2n) is 7.51. The van der Waals surface area contributed by atoms with Crippen LogP contribution < -0.4 is 10.1 Å². The minimum absolute atomic E-state index is 0.433. The summed E-state index contributed by atoms with van der Waals surface area (Å²) in [5, 5.41) is 3.96. The first-order chi connectivity index (χ1) is 10.2. The number of hydrogen-bond acceptors (Lipinski definition) is 2. The van der Waals surface area contributed by atoms with E-state index >= 15 is 0 Å². The molecule has 0 atom stereocenters. The fourth-order valence-electron chi connectivity index (χ4n) is 5.47. The van der Waals surface area contributed by atoms with Crippen LogP contribution in [0.4, 0.5) is 0 Å². The van der Waals surface area contributed by atoms with Crippen molar-refractivity contribution < 1.29 is 4.74 Å². The second kappa shape index (κ2) is 5.41. The summed E-state index contributed by atoms with van der Waals surface area (Å²) in [7, 11) is 1.78. The van der Waals surface area contributed by atoms with Crippen LogP contribution >= 0.6 is 22.6 Å². The average Bonchev–Trinajstić information content (AvgIpc) is 2.44. The number of halogens is 1. The summed E-state index contributed by atoms with van der Waals surface area (Å²) in [5.74, 6) is 4.03. The van der Waals surface area contributed by atoms with Gasteiger partial charge in [-0.3, -0.25) is 0 Å². The molecular weight excluding hydrogens is 373 g/mol. The molecule has 4 aliphatic rings. The summed E-state index contributed by atoms with van der Waals surface area (Å²) in [6, 6.07) is 6.53. The molecule has 0 spiro atoms. The molecule has 114 valence electrons. The molecule has 0 unspecified atom stereocenters. The van der Waals surface area contributed by atoms with Gasteiger partial charge in [0.2, 0.25) is 0 Å². The van der Waals surface area contributed by atoms with Gasteiger partial charge in [0.15, 0.2) is 0 Å². The minimum atomic E-state index is 0.433. The van der Waals surface area contributed by atoms with E-state index in [9.17, 15) is 0 Å². The topological polar surface area (TPSA) is 21.3 Å². The highest BCUT2D eigenvalue weighted by molar-refractivity contribution is 14.1. The molecule has 4 saturated carbocycles. The maximum Gasteiger partial charge on any atom is 0.124 e. The summed E-state index contributed by atoms with van der Waals surface area (Å²) in [4.78, 5) is 0. The van der Waals surface area contributed by atoms with E-state index in [0.29, 0.717) is 5.54 Å². The molecule has 1 N–H and O–H groups in total. The second-order valence-corrected chi connectivity index (χ2v) is 8.75. The first kappa shape index (κ1) is 14.3. The number of rotatable bonds is 4. The highest BCUT2D eigenvalue weighted by Crippen LogP contribution is 2.55. The molecule has 0 aromatic heterocycles. The van der Waals surface area contributed by atoms with Crippen LogP contribution in [0.3, 0.4) is 0 Å². The smallest absolute Gasteiger partial charge is 0.124 e. The lowest BCUT2D eigenvalue weighted by Gasteiger charge is -2.57. The van der Waals surface area contributed by atoms with Crippen LogP contribution in [0.25, 0.3) is 0 Å². The maximum absolute atomic E-state index is 5.55. The summed E-state index contributed by atoms with van der Waals surface area (Å²) in [6.07, 6.45) is 8.75. The van der Waals surface area contributed by atoms with Crippen molar-refractivity contribution in [2.24, 2.45) is 17.8 Å². The highest BCUT2D eigenvalue weighted by atomic mass is 127. The van der Waals surface area contributed by atoms with E-state index in [1.807, 2.05) is 0 Å². The molecule has 0 heterocycles. The van der Waals surface area contributed by atoms with Gasteiger partial charge in [0.1, 0.15) is 5.75 Å². The SMILES string of the molecule is COc1cc(I)ccc1CNC12CC3CC(CC(C3)C1)C2. The average molecular weight is 397 g/mol. The largest absolute Gasteiger partial charge is 0.496 e. The van der Waals surface area contributed by atoms with E-state index in [4.69, 9.17) is 4.74 Å². The number of methoxy groups -OCH3 is 1. The van der Waals surface area contributed by atoms with Crippen molar-refractivity contribution in [1.82, 2.24) is 5.32 Å². The molecule has 0 aliphatic heterocycles. The first-order valence-corrected chi connectivity index (χ1v) is 9.31. The lowest BCUT2D eigenvalue weighted by molar-refractivity contribution is -0.0206. The number of hydrogen-bond donors (Lipinski definition) is 1. The lowest BCUT2D eigenvalue weighted by atomic mass is 9.53. The molecule has 4 bridgehead atoms. The molecule has 0 radical (unpaired) electrons. The van der Waals surface area contributed by atoms with Crippen molar-refractivity contribution in [3.05, 3.63) is 27.3 Å². The van der Waals surface area contributed by atoms with Gasteiger partial charge in [-0.2, -0.15) is 0 Å². The van der Waals surface area contributed by atoms with E-state index in [-0.39, 0.29) is 0 Å². The quantitative estimate of drug-likeness (QED) is 0.763. The Morgan fingerprint density at radius 3 is 2.33 bits per heavy atom. The Kier molecular flexibility index (Phi) is 3.69. The van der Waals surface area contributed by atoms with Gasteiger partial charge in [-0.15, -0.1) is 0 Å². The van der Waals surface area contributed by atoms with Crippen LogP contribution in [0.2, 0.25) is 0 Å². The Morgan fingerprint density at radius 1 is 1.14 bits per heavy atom. The molecule has 2 nitrogen and oxygen atoms in total. The molecule has 1 aromatic rings. The minimum Gasteiger partial charge on any atom is -0.496 e. The highest BCUT2D eigenvalue weighted by Gasteiger charge is 2.50. The van der Waals surface area contributed by atoms with E-state index in [0.717, 1.165) is 30.0 Å². The van der Waals surface area contributed by atoms with Crippen molar-refractivity contribution in [1.29, 1.82) is 0 Å². The van der Waals surface area contributed by atoms with E-state index < -0.39 is 0 Å². The van der Waals surface area contributed by atoms with Crippen molar-refractivity contribution >= 4 is 22.6 Å². The van der Waals surface area contributed by atoms with Crippen LogP contribution in [-0.2, 0) is 6.54 Å². The molecular formula is C18H24INO. The van der Waals surface area contributed by atoms with Crippen molar-refractivity contribution in [3.8, 4) is 5.75 Å². The zero-order valence-electron chi connectivity index (χ0n) is 12.7. The van der Waals surface area contributed by atoms with Gasteiger partial charge in [-0.05, 0) is 91.0 Å². The Bertz CT molecular complexity index is 507. The van der Waals surface area contributed by atoms with Gasteiger partial charge in [-0.25, -0.2) is 0 Å². The third-order valence-corrected chi connectivity index (χ3v) is 6.61. The van der Waals surface area contributed by atoms with Crippen LogP contribution in [0.15, 0.2) is 18.2 Å². The van der Waals surface area contributed by atoms with Gasteiger partial charge in [0, 0.05) is 21.2 Å². The van der Waals surface area contributed by atoms with Crippen LogP contribution in [0.5, 0.6) is 5.75 Å². The van der Waals surface area contributed by atoms with Crippen LogP contribution in [0.1, 0.15) is 44.1 Å². The zero-order chi connectivity index (χ0) is 14.4. The maximum atomic E-state index is 5.55. The Balaban J connectivity index is 1.49. The molecule has 21 heavy (non-hydrogen) atoms. The molecule has 5 rings (SSSR count). The molecule has 1 aromatic carbocycles. The zero-order valence-corrected chi connectivity index (χ0v) is 14.9. The van der Waals surface area contributed by atoms with Gasteiger partial charge < -0.3 is 10.1 Å². The Morgan fingerprint density at radius 2 is 1.76 bits per heavy atom. The fourth-order valence-corrected chi connectivity index (χ4v) is 5.94. The molecule has 0 saturated heterocycles. The molecule has 3 heteroatoms. The number of benzene rings is 1. The van der Waals surface area contributed by atoms with Crippen molar-refractivity contribution in [3.63, 3.8) is 0 Å².